The number of carbonyl (C=O) groups is 2. The summed E-state index contributed by atoms with van der Waals surface area (Å²) in [6.45, 7) is 8.56. The van der Waals surface area contributed by atoms with E-state index in [2.05, 4.69) is 0 Å². The topological polar surface area (TPSA) is 37.4 Å². The molecule has 0 aromatic carbocycles. The van der Waals surface area contributed by atoms with Crippen LogP contribution in [0.2, 0.25) is 0 Å². The van der Waals surface area contributed by atoms with Crippen LogP contribution in [0.5, 0.6) is 0 Å². The molecule has 1 unspecified atom stereocenters. The molecular weight excluding hydrogens is 166 g/mol. The standard InChI is InChI=1S/C10H19NO2/c1-5-9(8(4)12)10(13)11(6-2)7-3/h9H,5-7H2,1-4H3. The molecule has 1 amide bonds. The van der Waals surface area contributed by atoms with Crippen molar-refractivity contribution in [3.63, 3.8) is 0 Å². The van der Waals surface area contributed by atoms with E-state index < -0.39 is 5.92 Å². The van der Waals surface area contributed by atoms with Crippen molar-refractivity contribution < 1.29 is 9.59 Å². The van der Waals surface area contributed by atoms with Gasteiger partial charge in [-0.1, -0.05) is 6.92 Å². The Balaban J connectivity index is 4.43. The SMILES string of the molecule is CCC(C(C)=O)C(=O)N(CC)CC. The van der Waals surface area contributed by atoms with Gasteiger partial charge in [-0.2, -0.15) is 0 Å². The highest BCUT2D eigenvalue weighted by atomic mass is 16.2. The van der Waals surface area contributed by atoms with Crippen LogP contribution in [0.4, 0.5) is 0 Å². The maximum atomic E-state index is 11.7. The van der Waals surface area contributed by atoms with Crippen molar-refractivity contribution in [1.29, 1.82) is 0 Å². The first-order chi connectivity index (χ1) is 6.08. The van der Waals surface area contributed by atoms with Crippen LogP contribution in [0, 0.1) is 5.92 Å². The number of rotatable bonds is 5. The molecule has 0 N–H and O–H groups in total. The first-order valence-electron chi connectivity index (χ1n) is 4.87. The molecule has 0 spiro atoms. The quantitative estimate of drug-likeness (QED) is 0.608. The molecule has 0 saturated heterocycles. The smallest absolute Gasteiger partial charge is 0.233 e. The second kappa shape index (κ2) is 5.73. The van der Waals surface area contributed by atoms with Crippen molar-refractivity contribution in [2.24, 2.45) is 5.92 Å². The van der Waals surface area contributed by atoms with E-state index in [9.17, 15) is 9.59 Å². The molecule has 0 aliphatic rings. The minimum absolute atomic E-state index is 0.0278. The summed E-state index contributed by atoms with van der Waals surface area (Å²) in [6.07, 6.45) is 0.602. The third-order valence-corrected chi connectivity index (χ3v) is 2.27. The van der Waals surface area contributed by atoms with Gasteiger partial charge in [0.15, 0.2) is 0 Å². The monoisotopic (exact) mass is 185 g/mol. The number of ketones is 1. The Labute approximate surface area is 80.1 Å². The third kappa shape index (κ3) is 3.17. The molecule has 0 rings (SSSR count). The summed E-state index contributed by atoms with van der Waals surface area (Å²) in [5, 5.41) is 0. The Morgan fingerprint density at radius 3 is 1.85 bits per heavy atom. The molecule has 3 heteroatoms. The predicted octanol–water partition coefficient (Wildman–Crippen LogP) is 1.47. The van der Waals surface area contributed by atoms with E-state index in [1.807, 2.05) is 20.8 Å². The predicted molar refractivity (Wildman–Crippen MR) is 52.4 cm³/mol. The zero-order valence-corrected chi connectivity index (χ0v) is 8.96. The molecule has 3 nitrogen and oxygen atoms in total. The lowest BCUT2D eigenvalue weighted by Gasteiger charge is -2.22. The van der Waals surface area contributed by atoms with Gasteiger partial charge in [0.1, 0.15) is 5.78 Å². The number of hydrogen-bond acceptors (Lipinski definition) is 2. The molecule has 0 saturated carbocycles. The van der Waals surface area contributed by atoms with Gasteiger partial charge in [-0.25, -0.2) is 0 Å². The van der Waals surface area contributed by atoms with Crippen LogP contribution in [0.15, 0.2) is 0 Å². The van der Waals surface area contributed by atoms with E-state index in [1.54, 1.807) is 4.90 Å². The van der Waals surface area contributed by atoms with E-state index in [1.165, 1.54) is 6.92 Å². The molecular formula is C10H19NO2. The van der Waals surface area contributed by atoms with Crippen molar-refractivity contribution in [2.75, 3.05) is 13.1 Å². The van der Waals surface area contributed by atoms with Crippen molar-refractivity contribution in [3.05, 3.63) is 0 Å². The van der Waals surface area contributed by atoms with Gasteiger partial charge in [0.2, 0.25) is 5.91 Å². The summed E-state index contributed by atoms with van der Waals surface area (Å²) in [7, 11) is 0. The van der Waals surface area contributed by atoms with Crippen LogP contribution in [0.3, 0.4) is 0 Å². The Hall–Kier alpha value is -0.860. The van der Waals surface area contributed by atoms with Crippen LogP contribution in [0.1, 0.15) is 34.1 Å². The third-order valence-electron chi connectivity index (χ3n) is 2.27. The molecule has 0 aliphatic carbocycles. The van der Waals surface area contributed by atoms with Gasteiger partial charge in [0.05, 0.1) is 5.92 Å². The lowest BCUT2D eigenvalue weighted by molar-refractivity contribution is -0.140. The van der Waals surface area contributed by atoms with Gasteiger partial charge in [-0.05, 0) is 27.2 Å². The molecule has 76 valence electrons. The summed E-state index contributed by atoms with van der Waals surface area (Å²) in [4.78, 5) is 24.5. The zero-order valence-electron chi connectivity index (χ0n) is 8.96. The molecule has 0 aromatic rings. The molecule has 0 heterocycles. The van der Waals surface area contributed by atoms with E-state index in [-0.39, 0.29) is 11.7 Å². The van der Waals surface area contributed by atoms with Crippen molar-refractivity contribution in [1.82, 2.24) is 4.90 Å². The fraction of sp³-hybridized carbons (Fsp3) is 0.800. The van der Waals surface area contributed by atoms with Gasteiger partial charge >= 0.3 is 0 Å². The minimum atomic E-state index is -0.431. The van der Waals surface area contributed by atoms with Crippen LogP contribution >= 0.6 is 0 Å². The largest absolute Gasteiger partial charge is 0.343 e. The molecule has 1 atom stereocenters. The fourth-order valence-electron chi connectivity index (χ4n) is 1.39. The lowest BCUT2D eigenvalue weighted by atomic mass is 10.0. The van der Waals surface area contributed by atoms with Gasteiger partial charge in [0.25, 0.3) is 0 Å². The van der Waals surface area contributed by atoms with Crippen LogP contribution in [0.25, 0.3) is 0 Å². The number of nitrogens with zero attached hydrogens (tertiary/aromatic N) is 1. The normalized spacial score (nSPS) is 12.3. The Morgan fingerprint density at radius 2 is 1.62 bits per heavy atom. The molecule has 13 heavy (non-hydrogen) atoms. The summed E-state index contributed by atoms with van der Waals surface area (Å²) in [5.74, 6) is -0.487. The average molecular weight is 185 g/mol. The Kier molecular flexibility index (Phi) is 5.35. The molecule has 0 aliphatic heterocycles. The lowest BCUT2D eigenvalue weighted by Crippen LogP contribution is -2.38. The highest BCUT2D eigenvalue weighted by Crippen LogP contribution is 2.08. The number of amides is 1. The summed E-state index contributed by atoms with van der Waals surface area (Å²) < 4.78 is 0. The van der Waals surface area contributed by atoms with Gasteiger partial charge in [-0.3, -0.25) is 9.59 Å². The van der Waals surface area contributed by atoms with Crippen LogP contribution in [-0.2, 0) is 9.59 Å². The number of Topliss-reactive ketones (excluding diaryl/α,β-unsaturated/α-hetero) is 1. The van der Waals surface area contributed by atoms with Gasteiger partial charge in [0, 0.05) is 13.1 Å². The highest BCUT2D eigenvalue weighted by molar-refractivity contribution is 6.00. The van der Waals surface area contributed by atoms with Crippen molar-refractivity contribution >= 4 is 11.7 Å². The van der Waals surface area contributed by atoms with Crippen molar-refractivity contribution in [2.45, 2.75) is 34.1 Å². The number of carbonyl (C=O) groups excluding carboxylic acids is 2. The maximum absolute atomic E-state index is 11.7. The molecule has 0 radical (unpaired) electrons. The second-order valence-corrected chi connectivity index (χ2v) is 3.08. The van der Waals surface area contributed by atoms with E-state index in [4.69, 9.17) is 0 Å². The average Bonchev–Trinajstić information content (AvgIpc) is 2.07. The minimum Gasteiger partial charge on any atom is -0.343 e. The summed E-state index contributed by atoms with van der Waals surface area (Å²) >= 11 is 0. The van der Waals surface area contributed by atoms with E-state index in [0.29, 0.717) is 19.5 Å². The molecule has 0 fully saturated rings. The molecule has 0 aromatic heterocycles. The van der Waals surface area contributed by atoms with Crippen LogP contribution < -0.4 is 0 Å². The Morgan fingerprint density at radius 1 is 1.15 bits per heavy atom. The summed E-state index contributed by atoms with van der Waals surface area (Å²) in [5.41, 5.74) is 0. The Bertz CT molecular complexity index is 185. The van der Waals surface area contributed by atoms with Crippen molar-refractivity contribution in [3.8, 4) is 0 Å². The highest BCUT2D eigenvalue weighted by Gasteiger charge is 2.24. The second-order valence-electron chi connectivity index (χ2n) is 3.08. The number of hydrogen-bond donors (Lipinski definition) is 0. The first kappa shape index (κ1) is 12.1. The summed E-state index contributed by atoms with van der Waals surface area (Å²) in [6, 6.07) is 0. The van der Waals surface area contributed by atoms with Gasteiger partial charge in [-0.15, -0.1) is 0 Å². The van der Waals surface area contributed by atoms with E-state index >= 15 is 0 Å². The molecule has 0 bridgehead atoms. The van der Waals surface area contributed by atoms with E-state index in [0.717, 1.165) is 0 Å². The first-order valence-corrected chi connectivity index (χ1v) is 4.87. The zero-order chi connectivity index (χ0) is 10.4. The van der Waals surface area contributed by atoms with Crippen LogP contribution in [-0.4, -0.2) is 29.7 Å². The van der Waals surface area contributed by atoms with Gasteiger partial charge < -0.3 is 4.90 Å². The fourth-order valence-corrected chi connectivity index (χ4v) is 1.39. The maximum Gasteiger partial charge on any atom is 0.233 e.